The number of carbonyl (C=O) groups excluding carboxylic acids is 1. The van der Waals surface area contributed by atoms with Crippen LogP contribution < -0.4 is 5.32 Å². The van der Waals surface area contributed by atoms with Gasteiger partial charge in [0, 0.05) is 27.2 Å². The van der Waals surface area contributed by atoms with Gasteiger partial charge in [-0.05, 0) is 55.2 Å². The average Bonchev–Trinajstić information content (AvgIpc) is 3.11. The Bertz CT molecular complexity index is 873. The lowest BCUT2D eigenvalue weighted by atomic mass is 9.76. The van der Waals surface area contributed by atoms with E-state index < -0.39 is 0 Å². The monoisotopic (exact) mass is 387 g/mol. The van der Waals surface area contributed by atoms with Crippen LogP contribution in [0.25, 0.3) is 0 Å². The van der Waals surface area contributed by atoms with Gasteiger partial charge in [0.05, 0.1) is 18.2 Å². The van der Waals surface area contributed by atoms with E-state index in [1.54, 1.807) is 6.07 Å². The molecule has 0 fully saturated rings. The molecule has 1 aliphatic carbocycles. The summed E-state index contributed by atoms with van der Waals surface area (Å²) in [4.78, 5) is 12.1. The Hall–Kier alpha value is -1.97. The lowest BCUT2D eigenvalue weighted by molar-refractivity contribution is 0.0526. The molecule has 3 atom stereocenters. The second kappa shape index (κ2) is 6.98. The standard InChI is InChI=1S/C21H19Cl2NO2/c1-2-26-21(25)12-9-10-18-15(11-12)13-5-3-6-14(13)20(24-18)19-16(22)7-4-8-17(19)23/h3-5,7-11,13-14,20,24H,2,6H2,1H3. The van der Waals surface area contributed by atoms with E-state index in [0.717, 1.165) is 23.2 Å². The number of fused-ring (bicyclic) bond motifs is 3. The largest absolute Gasteiger partial charge is 0.462 e. The molecule has 2 aromatic rings. The highest BCUT2D eigenvalue weighted by molar-refractivity contribution is 6.36. The van der Waals surface area contributed by atoms with E-state index in [1.807, 2.05) is 37.3 Å². The molecule has 0 aromatic heterocycles. The maximum atomic E-state index is 12.1. The van der Waals surface area contributed by atoms with Gasteiger partial charge in [0.15, 0.2) is 0 Å². The average molecular weight is 388 g/mol. The highest BCUT2D eigenvalue weighted by atomic mass is 35.5. The van der Waals surface area contributed by atoms with Crippen molar-refractivity contribution in [3.05, 3.63) is 75.3 Å². The van der Waals surface area contributed by atoms with Crippen LogP contribution in [0.3, 0.4) is 0 Å². The number of ether oxygens (including phenoxy) is 1. The summed E-state index contributed by atoms with van der Waals surface area (Å²) in [6, 6.07) is 11.3. The molecule has 3 nitrogen and oxygen atoms in total. The van der Waals surface area contributed by atoms with Gasteiger partial charge in [0.1, 0.15) is 0 Å². The fourth-order valence-corrected chi connectivity index (χ4v) is 4.66. The summed E-state index contributed by atoms with van der Waals surface area (Å²) >= 11 is 13.0. The third-order valence-corrected chi connectivity index (χ3v) is 5.84. The molecule has 26 heavy (non-hydrogen) atoms. The first-order chi connectivity index (χ1) is 12.6. The van der Waals surface area contributed by atoms with Crippen molar-refractivity contribution in [2.24, 2.45) is 5.92 Å². The predicted molar refractivity (Wildman–Crippen MR) is 105 cm³/mol. The smallest absolute Gasteiger partial charge is 0.338 e. The zero-order valence-corrected chi connectivity index (χ0v) is 15.8. The fourth-order valence-electron chi connectivity index (χ4n) is 4.03. The van der Waals surface area contributed by atoms with E-state index in [-0.39, 0.29) is 17.9 Å². The number of hydrogen-bond acceptors (Lipinski definition) is 3. The molecule has 3 unspecified atom stereocenters. The molecule has 0 radical (unpaired) electrons. The number of hydrogen-bond donors (Lipinski definition) is 1. The van der Waals surface area contributed by atoms with Crippen molar-refractivity contribution in [3.63, 3.8) is 0 Å². The van der Waals surface area contributed by atoms with Crippen molar-refractivity contribution in [1.29, 1.82) is 0 Å². The van der Waals surface area contributed by atoms with Gasteiger partial charge in [-0.3, -0.25) is 0 Å². The van der Waals surface area contributed by atoms with Gasteiger partial charge >= 0.3 is 5.97 Å². The Labute approximate surface area is 163 Å². The first-order valence-corrected chi connectivity index (χ1v) is 9.54. The zero-order chi connectivity index (χ0) is 18.3. The molecule has 0 saturated heterocycles. The minimum atomic E-state index is -0.287. The Morgan fingerprint density at radius 1 is 1.23 bits per heavy atom. The normalized spacial score (nSPS) is 23.1. The van der Waals surface area contributed by atoms with Crippen molar-refractivity contribution in [1.82, 2.24) is 0 Å². The summed E-state index contributed by atoms with van der Waals surface area (Å²) < 4.78 is 5.14. The molecule has 0 bridgehead atoms. The van der Waals surface area contributed by atoms with Crippen LogP contribution in [0.5, 0.6) is 0 Å². The third kappa shape index (κ3) is 2.89. The SMILES string of the molecule is CCOC(=O)c1ccc2c(c1)C1C=CCC1C(c1c(Cl)cccc1Cl)N2. The summed E-state index contributed by atoms with van der Waals surface area (Å²) in [6.45, 7) is 2.18. The van der Waals surface area contributed by atoms with Crippen molar-refractivity contribution in [2.45, 2.75) is 25.3 Å². The van der Waals surface area contributed by atoms with E-state index in [4.69, 9.17) is 27.9 Å². The first-order valence-electron chi connectivity index (χ1n) is 8.78. The molecule has 0 saturated carbocycles. The maximum absolute atomic E-state index is 12.1. The molecule has 0 amide bonds. The van der Waals surface area contributed by atoms with Gasteiger partial charge < -0.3 is 10.1 Å². The number of rotatable bonds is 3. The number of benzene rings is 2. The summed E-state index contributed by atoms with van der Waals surface area (Å²) in [7, 11) is 0. The third-order valence-electron chi connectivity index (χ3n) is 5.18. The highest BCUT2D eigenvalue weighted by Gasteiger charge is 2.39. The van der Waals surface area contributed by atoms with E-state index in [1.165, 1.54) is 0 Å². The van der Waals surface area contributed by atoms with E-state index in [9.17, 15) is 4.79 Å². The Morgan fingerprint density at radius 3 is 2.73 bits per heavy atom. The van der Waals surface area contributed by atoms with Crippen molar-refractivity contribution >= 4 is 34.9 Å². The second-order valence-corrected chi connectivity index (χ2v) is 7.45. The van der Waals surface area contributed by atoms with Gasteiger partial charge in [-0.25, -0.2) is 4.79 Å². The van der Waals surface area contributed by atoms with E-state index in [0.29, 0.717) is 28.1 Å². The molecule has 0 spiro atoms. The number of carbonyl (C=O) groups is 1. The van der Waals surface area contributed by atoms with Gasteiger partial charge in [0.2, 0.25) is 0 Å². The molecular weight excluding hydrogens is 369 g/mol. The number of anilines is 1. The molecule has 1 heterocycles. The minimum absolute atomic E-state index is 0.0251. The predicted octanol–water partition coefficient (Wildman–Crippen LogP) is 6.00. The van der Waals surface area contributed by atoms with E-state index in [2.05, 4.69) is 17.5 Å². The molecule has 2 aromatic carbocycles. The fraction of sp³-hybridized carbons (Fsp3) is 0.286. The van der Waals surface area contributed by atoms with E-state index >= 15 is 0 Å². The summed E-state index contributed by atoms with van der Waals surface area (Å²) in [6.07, 6.45) is 5.35. The van der Waals surface area contributed by atoms with Crippen LogP contribution in [0.1, 0.15) is 46.8 Å². The van der Waals surface area contributed by atoms with Gasteiger partial charge in [-0.15, -0.1) is 0 Å². The Morgan fingerprint density at radius 2 is 2.00 bits per heavy atom. The first kappa shape index (κ1) is 17.4. The molecule has 1 N–H and O–H groups in total. The van der Waals surface area contributed by atoms with Crippen LogP contribution in [-0.4, -0.2) is 12.6 Å². The zero-order valence-electron chi connectivity index (χ0n) is 14.3. The molecule has 134 valence electrons. The Kier molecular flexibility index (Phi) is 4.68. The molecule has 1 aliphatic heterocycles. The lowest BCUT2D eigenvalue weighted by Gasteiger charge is -2.38. The highest BCUT2D eigenvalue weighted by Crippen LogP contribution is 2.52. The van der Waals surface area contributed by atoms with Crippen LogP contribution in [0, 0.1) is 5.92 Å². The summed E-state index contributed by atoms with van der Waals surface area (Å²) in [5.41, 5.74) is 3.65. The second-order valence-electron chi connectivity index (χ2n) is 6.63. The number of halogens is 2. The van der Waals surface area contributed by atoms with Crippen LogP contribution in [0.15, 0.2) is 48.6 Å². The topological polar surface area (TPSA) is 38.3 Å². The molecule has 4 rings (SSSR count). The van der Waals surface area contributed by atoms with Crippen molar-refractivity contribution in [3.8, 4) is 0 Å². The van der Waals surface area contributed by atoms with Crippen molar-refractivity contribution < 1.29 is 9.53 Å². The number of esters is 1. The lowest BCUT2D eigenvalue weighted by Crippen LogP contribution is -2.29. The number of nitrogens with one attached hydrogen (secondary N) is 1. The van der Waals surface area contributed by atoms with Crippen molar-refractivity contribution in [2.75, 3.05) is 11.9 Å². The quantitative estimate of drug-likeness (QED) is 0.518. The number of allylic oxidation sites excluding steroid dienone is 2. The van der Waals surface area contributed by atoms with Gasteiger partial charge in [-0.2, -0.15) is 0 Å². The molecule has 5 heteroatoms. The van der Waals surface area contributed by atoms with Gasteiger partial charge in [0.25, 0.3) is 0 Å². The Balaban J connectivity index is 1.76. The minimum Gasteiger partial charge on any atom is -0.462 e. The molecule has 2 aliphatic rings. The van der Waals surface area contributed by atoms with Crippen LogP contribution >= 0.6 is 23.2 Å². The summed E-state index contributed by atoms with van der Waals surface area (Å²) in [5.74, 6) is 0.236. The van der Waals surface area contributed by atoms with Crippen LogP contribution in [-0.2, 0) is 4.74 Å². The van der Waals surface area contributed by atoms with Crippen LogP contribution in [0.2, 0.25) is 10.0 Å². The molecular formula is C21H19Cl2NO2. The van der Waals surface area contributed by atoms with Gasteiger partial charge in [-0.1, -0.05) is 41.4 Å². The maximum Gasteiger partial charge on any atom is 0.338 e. The van der Waals surface area contributed by atoms with Crippen LogP contribution in [0.4, 0.5) is 5.69 Å². The summed E-state index contributed by atoms with van der Waals surface area (Å²) in [5, 5.41) is 4.95.